The van der Waals surface area contributed by atoms with Gasteiger partial charge in [-0.15, -0.1) is 0 Å². The molecular weight excluding hydrogens is 430 g/mol. The van der Waals surface area contributed by atoms with Gasteiger partial charge in [-0.3, -0.25) is 4.68 Å². The first kappa shape index (κ1) is 24.9. The van der Waals surface area contributed by atoms with Gasteiger partial charge in [-0.05, 0) is 37.8 Å². The lowest BCUT2D eigenvalue weighted by molar-refractivity contribution is 0.0577. The number of nitrogens with two attached hydrogens (primary N) is 2. The predicted molar refractivity (Wildman–Crippen MR) is 134 cm³/mol. The Kier molecular flexibility index (Phi) is 7.07. The molecule has 3 aromatic rings. The first-order chi connectivity index (χ1) is 15.9. The van der Waals surface area contributed by atoms with Gasteiger partial charge in [0, 0.05) is 24.2 Å². The van der Waals surface area contributed by atoms with Crippen LogP contribution >= 0.6 is 0 Å². The Morgan fingerprint density at radius 3 is 2.50 bits per heavy atom. The molecule has 9 nitrogen and oxygen atoms in total. The van der Waals surface area contributed by atoms with E-state index in [-0.39, 0.29) is 11.7 Å². The molecule has 0 unspecified atom stereocenters. The summed E-state index contributed by atoms with van der Waals surface area (Å²) in [6, 6.07) is 8.01. The SMILES string of the molecule is C=C(N)N=C/C(=C\N)c1ccc([C@](C)(c2noc(-c3cnn(CC(C)(C)O)c3)n2)C(C)C)cc1. The van der Waals surface area contributed by atoms with Gasteiger partial charge in [-0.1, -0.05) is 49.8 Å². The second-order valence-corrected chi connectivity index (χ2v) is 9.47. The number of hydrogen-bond donors (Lipinski definition) is 3. The number of nitrogens with zero attached hydrogens (tertiary/aromatic N) is 5. The van der Waals surface area contributed by atoms with Gasteiger partial charge in [0.2, 0.25) is 0 Å². The molecule has 0 spiro atoms. The van der Waals surface area contributed by atoms with Gasteiger partial charge < -0.3 is 21.1 Å². The second-order valence-electron chi connectivity index (χ2n) is 9.47. The van der Waals surface area contributed by atoms with Crippen LogP contribution in [0.25, 0.3) is 17.0 Å². The van der Waals surface area contributed by atoms with Crippen LogP contribution in [-0.2, 0) is 12.0 Å². The summed E-state index contributed by atoms with van der Waals surface area (Å²) in [5.74, 6) is 1.35. The molecule has 0 aliphatic rings. The topological polar surface area (TPSA) is 141 Å². The monoisotopic (exact) mass is 463 g/mol. The smallest absolute Gasteiger partial charge is 0.261 e. The van der Waals surface area contributed by atoms with Crippen LogP contribution in [0.2, 0.25) is 0 Å². The molecule has 3 rings (SSSR count). The quantitative estimate of drug-likeness (QED) is 0.413. The zero-order valence-corrected chi connectivity index (χ0v) is 20.4. The van der Waals surface area contributed by atoms with Crippen molar-refractivity contribution < 1.29 is 9.63 Å². The Morgan fingerprint density at radius 1 is 1.26 bits per heavy atom. The summed E-state index contributed by atoms with van der Waals surface area (Å²) in [4.78, 5) is 8.74. The van der Waals surface area contributed by atoms with Crippen molar-refractivity contribution in [2.45, 2.75) is 52.2 Å². The average molecular weight is 464 g/mol. The van der Waals surface area contributed by atoms with Crippen LogP contribution in [0.3, 0.4) is 0 Å². The highest BCUT2D eigenvalue weighted by Crippen LogP contribution is 2.38. The van der Waals surface area contributed by atoms with E-state index in [1.165, 1.54) is 6.20 Å². The highest BCUT2D eigenvalue weighted by atomic mass is 16.5. The van der Waals surface area contributed by atoms with Crippen LogP contribution in [0.15, 0.2) is 64.8 Å². The Morgan fingerprint density at radius 2 is 1.94 bits per heavy atom. The van der Waals surface area contributed by atoms with Crippen LogP contribution in [-0.4, -0.2) is 36.8 Å². The Labute approximate surface area is 199 Å². The van der Waals surface area contributed by atoms with Crippen LogP contribution in [0.5, 0.6) is 0 Å². The van der Waals surface area contributed by atoms with Gasteiger partial charge >= 0.3 is 0 Å². The third-order valence-corrected chi connectivity index (χ3v) is 5.84. The lowest BCUT2D eigenvalue weighted by Crippen LogP contribution is -2.31. The molecule has 2 aromatic heterocycles. The Bertz CT molecular complexity index is 1200. The van der Waals surface area contributed by atoms with Crippen molar-refractivity contribution >= 4 is 11.8 Å². The van der Waals surface area contributed by atoms with Crippen LogP contribution in [0.4, 0.5) is 0 Å². The van der Waals surface area contributed by atoms with E-state index in [0.29, 0.717) is 23.8 Å². The first-order valence-electron chi connectivity index (χ1n) is 11.0. The maximum atomic E-state index is 10.0. The number of aromatic nitrogens is 4. The van der Waals surface area contributed by atoms with E-state index in [2.05, 4.69) is 42.6 Å². The maximum absolute atomic E-state index is 10.0. The fraction of sp³-hybridized carbons (Fsp3) is 0.360. The molecule has 0 aliphatic heterocycles. The van der Waals surface area contributed by atoms with Gasteiger partial charge in [-0.25, -0.2) is 4.99 Å². The molecular formula is C25H33N7O2. The minimum Gasteiger partial charge on any atom is -0.404 e. The van der Waals surface area contributed by atoms with Crippen molar-refractivity contribution in [3.05, 3.63) is 72.2 Å². The van der Waals surface area contributed by atoms with E-state index in [4.69, 9.17) is 21.0 Å². The minimum atomic E-state index is -0.880. The molecule has 2 heterocycles. The summed E-state index contributed by atoms with van der Waals surface area (Å²) in [5, 5.41) is 18.6. The third-order valence-electron chi connectivity index (χ3n) is 5.84. The third kappa shape index (κ3) is 5.43. The zero-order valence-electron chi connectivity index (χ0n) is 20.4. The van der Waals surface area contributed by atoms with Crippen LogP contribution < -0.4 is 11.5 Å². The number of aliphatic imine (C=N–C) groups is 1. The summed E-state index contributed by atoms with van der Waals surface area (Å²) >= 11 is 0. The van der Waals surface area contributed by atoms with Crippen LogP contribution in [0, 0.1) is 5.92 Å². The Hall–Kier alpha value is -3.72. The number of allylic oxidation sites excluding steroid dienone is 1. The first-order valence-corrected chi connectivity index (χ1v) is 11.0. The van der Waals surface area contributed by atoms with E-state index in [0.717, 1.165) is 16.7 Å². The summed E-state index contributed by atoms with van der Waals surface area (Å²) in [5.41, 5.74) is 13.3. The molecule has 0 bridgehead atoms. The van der Waals surface area contributed by atoms with E-state index < -0.39 is 11.0 Å². The number of aliphatic hydroxyl groups is 1. The van der Waals surface area contributed by atoms with E-state index in [9.17, 15) is 5.11 Å². The van der Waals surface area contributed by atoms with Crippen LogP contribution in [0.1, 0.15) is 51.6 Å². The maximum Gasteiger partial charge on any atom is 0.261 e. The van der Waals surface area contributed by atoms with Crippen molar-refractivity contribution in [3.63, 3.8) is 0 Å². The largest absolute Gasteiger partial charge is 0.404 e. The molecule has 34 heavy (non-hydrogen) atoms. The minimum absolute atomic E-state index is 0.174. The fourth-order valence-electron chi connectivity index (χ4n) is 3.60. The number of benzene rings is 1. The molecule has 1 atom stereocenters. The molecule has 5 N–H and O–H groups in total. The lowest BCUT2D eigenvalue weighted by Gasteiger charge is -2.31. The molecule has 0 saturated carbocycles. The average Bonchev–Trinajstić information content (AvgIpc) is 3.42. The molecule has 9 heteroatoms. The van der Waals surface area contributed by atoms with Gasteiger partial charge in [-0.2, -0.15) is 10.1 Å². The number of hydrogen-bond acceptors (Lipinski definition) is 8. The molecule has 0 amide bonds. The van der Waals surface area contributed by atoms with E-state index in [1.807, 2.05) is 24.3 Å². The summed E-state index contributed by atoms with van der Waals surface area (Å²) in [7, 11) is 0. The van der Waals surface area contributed by atoms with E-state index in [1.54, 1.807) is 37.1 Å². The Balaban J connectivity index is 1.92. The van der Waals surface area contributed by atoms with Crippen molar-refractivity contribution in [1.29, 1.82) is 0 Å². The summed E-state index contributed by atoms with van der Waals surface area (Å²) in [6.07, 6.45) is 6.51. The fourth-order valence-corrected chi connectivity index (χ4v) is 3.60. The van der Waals surface area contributed by atoms with Crippen molar-refractivity contribution in [1.82, 2.24) is 19.9 Å². The zero-order chi connectivity index (χ0) is 25.1. The standard InChI is InChI=1S/C25H33N7O2/c1-16(2)25(6,21-9-7-18(8-10-21)19(11-26)12-28-17(3)27)23-30-22(34-31-23)20-13-29-32(14-20)15-24(4,5)33/h7-14,16,33H,3,15,26-27H2,1-2,4-6H3/b19-11+,28-12?/t25-/m1/s1. The van der Waals surface area contributed by atoms with Crippen molar-refractivity contribution in [2.75, 3.05) is 0 Å². The molecule has 0 fully saturated rings. The highest BCUT2D eigenvalue weighted by Gasteiger charge is 2.37. The molecule has 180 valence electrons. The summed E-state index contributed by atoms with van der Waals surface area (Å²) in [6.45, 7) is 13.7. The normalized spacial score (nSPS) is 14.6. The molecule has 0 saturated heterocycles. The molecule has 0 radical (unpaired) electrons. The van der Waals surface area contributed by atoms with Gasteiger partial charge in [0.05, 0.1) is 29.3 Å². The van der Waals surface area contributed by atoms with Gasteiger partial charge in [0.25, 0.3) is 5.89 Å². The van der Waals surface area contributed by atoms with E-state index >= 15 is 0 Å². The molecule has 1 aromatic carbocycles. The van der Waals surface area contributed by atoms with Gasteiger partial charge in [0.15, 0.2) is 5.82 Å². The van der Waals surface area contributed by atoms with Crippen molar-refractivity contribution in [3.8, 4) is 11.5 Å². The second kappa shape index (κ2) is 9.64. The lowest BCUT2D eigenvalue weighted by atomic mass is 9.72. The highest BCUT2D eigenvalue weighted by molar-refractivity contribution is 6.09. The predicted octanol–water partition coefficient (Wildman–Crippen LogP) is 3.47. The van der Waals surface area contributed by atoms with Gasteiger partial charge in [0.1, 0.15) is 5.82 Å². The molecule has 0 aliphatic carbocycles. The van der Waals surface area contributed by atoms with Crippen molar-refractivity contribution in [2.24, 2.45) is 22.4 Å². The number of rotatable bonds is 9. The summed E-state index contributed by atoms with van der Waals surface area (Å²) < 4.78 is 7.26.